The van der Waals surface area contributed by atoms with Gasteiger partial charge in [-0.3, -0.25) is 14.3 Å². The Morgan fingerprint density at radius 1 is 0.647 bits per heavy atom. The molecular formula is C42H50N2O5Si2. The molecule has 0 spiro atoms. The number of rotatable bonds is 10. The van der Waals surface area contributed by atoms with Crippen molar-refractivity contribution in [1.29, 1.82) is 0 Å². The van der Waals surface area contributed by atoms with E-state index in [-0.39, 0.29) is 42.0 Å². The predicted molar refractivity (Wildman–Crippen MR) is 211 cm³/mol. The summed E-state index contributed by atoms with van der Waals surface area (Å²) >= 11 is 0. The van der Waals surface area contributed by atoms with Crippen LogP contribution in [0.4, 0.5) is 0 Å². The highest BCUT2D eigenvalue weighted by Gasteiger charge is 2.55. The first kappa shape index (κ1) is 36.7. The SMILES string of the molecule is Cc1c2n(c(=O)[nH]c1=O)COC(CO[Si](c1ccccc1)(c1ccccc1)C(C)(C)C)(CO[Si](c1ccccc1)(c1ccccc1)C(C)(C)C)C2. The van der Waals surface area contributed by atoms with E-state index < -0.39 is 27.9 Å². The molecule has 0 atom stereocenters. The van der Waals surface area contributed by atoms with E-state index in [0.29, 0.717) is 11.3 Å². The molecular weight excluding hydrogens is 669 g/mol. The third-order valence-electron chi connectivity index (χ3n) is 10.5. The van der Waals surface area contributed by atoms with Gasteiger partial charge in [0.05, 0.1) is 13.2 Å². The van der Waals surface area contributed by atoms with Crippen LogP contribution < -0.4 is 32.0 Å². The van der Waals surface area contributed by atoms with Crippen molar-refractivity contribution in [2.75, 3.05) is 13.2 Å². The van der Waals surface area contributed by atoms with Gasteiger partial charge in [-0.25, -0.2) is 4.79 Å². The fourth-order valence-corrected chi connectivity index (χ4v) is 17.1. The molecule has 2 heterocycles. The van der Waals surface area contributed by atoms with Crippen LogP contribution in [-0.2, 0) is 26.7 Å². The van der Waals surface area contributed by atoms with Gasteiger partial charge in [-0.2, -0.15) is 0 Å². The lowest BCUT2D eigenvalue weighted by Crippen LogP contribution is -2.70. The average molecular weight is 719 g/mol. The second-order valence-corrected chi connectivity index (χ2v) is 24.4. The highest BCUT2D eigenvalue weighted by Crippen LogP contribution is 2.40. The molecule has 0 saturated heterocycles. The minimum Gasteiger partial charge on any atom is -0.404 e. The van der Waals surface area contributed by atoms with Crippen LogP contribution in [0.5, 0.6) is 0 Å². The first-order chi connectivity index (χ1) is 24.2. The molecule has 5 aromatic rings. The Morgan fingerprint density at radius 2 is 1.00 bits per heavy atom. The maximum absolute atomic E-state index is 13.1. The average Bonchev–Trinajstić information content (AvgIpc) is 3.12. The molecule has 0 unspecified atom stereocenters. The number of H-pyrrole nitrogens is 1. The van der Waals surface area contributed by atoms with E-state index >= 15 is 0 Å². The highest BCUT2D eigenvalue weighted by atomic mass is 28.4. The van der Waals surface area contributed by atoms with Gasteiger partial charge in [0.1, 0.15) is 12.3 Å². The van der Waals surface area contributed by atoms with Crippen molar-refractivity contribution in [2.45, 2.75) is 77.3 Å². The zero-order valence-corrected chi connectivity index (χ0v) is 32.9. The summed E-state index contributed by atoms with van der Waals surface area (Å²) in [5.41, 5.74) is -0.742. The first-order valence-corrected chi connectivity index (χ1v) is 21.5. The Morgan fingerprint density at radius 3 is 1.33 bits per heavy atom. The molecule has 0 aliphatic carbocycles. The summed E-state index contributed by atoms with van der Waals surface area (Å²) in [6.07, 6.45) is 0.272. The lowest BCUT2D eigenvalue weighted by Gasteiger charge is -2.49. The number of hydrogen-bond acceptors (Lipinski definition) is 5. The summed E-state index contributed by atoms with van der Waals surface area (Å²) in [6, 6.07) is 42.2. The molecule has 7 nitrogen and oxygen atoms in total. The van der Waals surface area contributed by atoms with Crippen LogP contribution in [0, 0.1) is 6.92 Å². The largest absolute Gasteiger partial charge is 0.404 e. The minimum absolute atomic E-state index is 0.0278. The number of ether oxygens (including phenoxy) is 1. The van der Waals surface area contributed by atoms with Gasteiger partial charge < -0.3 is 13.6 Å². The number of aromatic amines is 1. The van der Waals surface area contributed by atoms with E-state index in [1.165, 1.54) is 4.57 Å². The molecule has 9 heteroatoms. The maximum Gasteiger partial charge on any atom is 0.330 e. The molecule has 1 aliphatic rings. The van der Waals surface area contributed by atoms with Crippen LogP contribution >= 0.6 is 0 Å². The van der Waals surface area contributed by atoms with Crippen LogP contribution in [0.25, 0.3) is 0 Å². The van der Waals surface area contributed by atoms with Crippen LogP contribution in [0.1, 0.15) is 52.8 Å². The topological polar surface area (TPSA) is 82.6 Å². The lowest BCUT2D eigenvalue weighted by atomic mass is 9.96. The van der Waals surface area contributed by atoms with E-state index in [4.69, 9.17) is 13.6 Å². The molecule has 266 valence electrons. The van der Waals surface area contributed by atoms with Crippen LogP contribution in [-0.4, -0.2) is 45.0 Å². The standard InChI is InChI=1S/C42H50N2O5Si2/c1-32-37-28-42(47-31-44(37)39(46)43-38(32)45,29-48-50(40(2,3)4,33-20-12-8-13-21-33)34-22-14-9-15-23-34)30-49-51(41(5,6)7,35-24-16-10-17-25-35)36-26-18-11-19-27-36/h8-27H,28-31H2,1-7H3,(H,43,45,46). The zero-order valence-electron chi connectivity index (χ0n) is 30.9. The molecule has 0 radical (unpaired) electrons. The van der Waals surface area contributed by atoms with Gasteiger partial charge in [-0.15, -0.1) is 0 Å². The fraction of sp³-hybridized carbons (Fsp3) is 0.333. The van der Waals surface area contributed by atoms with Crippen molar-refractivity contribution in [3.05, 3.63) is 153 Å². The Labute approximate surface area is 303 Å². The van der Waals surface area contributed by atoms with Gasteiger partial charge in [0.25, 0.3) is 22.2 Å². The summed E-state index contributed by atoms with van der Waals surface area (Å²) < 4.78 is 23.5. The van der Waals surface area contributed by atoms with Crippen LogP contribution in [0.2, 0.25) is 10.1 Å². The second-order valence-electron chi connectivity index (χ2n) is 15.8. The van der Waals surface area contributed by atoms with E-state index in [0.717, 1.165) is 20.7 Å². The first-order valence-electron chi connectivity index (χ1n) is 17.7. The van der Waals surface area contributed by atoms with Gasteiger partial charge in [0.15, 0.2) is 0 Å². The van der Waals surface area contributed by atoms with Crippen molar-refractivity contribution in [3.63, 3.8) is 0 Å². The number of nitrogens with one attached hydrogen (secondary N) is 1. The molecule has 0 amide bonds. The molecule has 1 aliphatic heterocycles. The normalized spacial score (nSPS) is 15.0. The van der Waals surface area contributed by atoms with Gasteiger partial charge in [-0.05, 0) is 37.7 Å². The van der Waals surface area contributed by atoms with Crippen molar-refractivity contribution < 1.29 is 13.6 Å². The molecule has 0 fully saturated rings. The monoisotopic (exact) mass is 718 g/mol. The lowest BCUT2D eigenvalue weighted by molar-refractivity contribution is -0.143. The van der Waals surface area contributed by atoms with Gasteiger partial charge in [0, 0.05) is 17.7 Å². The van der Waals surface area contributed by atoms with E-state index in [2.05, 4.69) is 144 Å². The zero-order chi connectivity index (χ0) is 36.5. The number of hydrogen-bond donors (Lipinski definition) is 1. The minimum atomic E-state index is -3.01. The van der Waals surface area contributed by atoms with Crippen molar-refractivity contribution in [3.8, 4) is 0 Å². The van der Waals surface area contributed by atoms with Gasteiger partial charge in [-0.1, -0.05) is 163 Å². The van der Waals surface area contributed by atoms with Crippen molar-refractivity contribution in [1.82, 2.24) is 9.55 Å². The molecule has 0 bridgehead atoms. The highest BCUT2D eigenvalue weighted by molar-refractivity contribution is 7.00. The Kier molecular flexibility index (Phi) is 10.2. The second kappa shape index (κ2) is 14.1. The van der Waals surface area contributed by atoms with E-state index in [1.807, 2.05) is 24.3 Å². The predicted octanol–water partition coefficient (Wildman–Crippen LogP) is 5.27. The smallest absolute Gasteiger partial charge is 0.330 e. The fourth-order valence-electron chi connectivity index (χ4n) is 7.87. The summed E-state index contributed by atoms with van der Waals surface area (Å²) in [5.74, 6) is 0. The third kappa shape index (κ3) is 6.69. The molecule has 6 rings (SSSR count). The quantitative estimate of drug-likeness (QED) is 0.199. The Balaban J connectivity index is 1.52. The van der Waals surface area contributed by atoms with E-state index in [9.17, 15) is 9.59 Å². The maximum atomic E-state index is 13.1. The number of aromatic nitrogens is 2. The molecule has 1 N–H and O–H groups in total. The van der Waals surface area contributed by atoms with Gasteiger partial charge in [0.2, 0.25) is 0 Å². The van der Waals surface area contributed by atoms with E-state index in [1.54, 1.807) is 6.92 Å². The summed E-state index contributed by atoms with van der Waals surface area (Å²) in [7, 11) is -6.01. The van der Waals surface area contributed by atoms with Gasteiger partial charge >= 0.3 is 5.69 Å². The Hall–Kier alpha value is -4.13. The number of nitrogens with zero attached hydrogens (tertiary/aromatic N) is 1. The number of benzene rings is 4. The third-order valence-corrected chi connectivity index (χ3v) is 20.5. The van der Waals surface area contributed by atoms with Crippen molar-refractivity contribution in [2.24, 2.45) is 0 Å². The summed E-state index contributed by atoms with van der Waals surface area (Å²) in [4.78, 5) is 28.5. The van der Waals surface area contributed by atoms with Crippen LogP contribution in [0.3, 0.4) is 0 Å². The molecule has 4 aromatic carbocycles. The Bertz CT molecular complexity index is 1870. The summed E-state index contributed by atoms with van der Waals surface area (Å²) in [5, 5.41) is 4.09. The van der Waals surface area contributed by atoms with Crippen molar-refractivity contribution >= 4 is 37.4 Å². The van der Waals surface area contributed by atoms with Crippen LogP contribution in [0.15, 0.2) is 131 Å². The summed E-state index contributed by atoms with van der Waals surface area (Å²) in [6.45, 7) is 15.7. The molecule has 1 aromatic heterocycles. The molecule has 0 saturated carbocycles. The molecule has 51 heavy (non-hydrogen) atoms. The number of fused-ring (bicyclic) bond motifs is 1.